The third-order valence-corrected chi connectivity index (χ3v) is 4.98. The van der Waals surface area contributed by atoms with E-state index in [2.05, 4.69) is 31.3 Å². The minimum atomic E-state index is -0.0618. The lowest BCUT2D eigenvalue weighted by Crippen LogP contribution is -2.29. The van der Waals surface area contributed by atoms with Gasteiger partial charge >= 0.3 is 0 Å². The Hall–Kier alpha value is -2.62. The van der Waals surface area contributed by atoms with Crippen molar-refractivity contribution in [1.29, 1.82) is 0 Å². The van der Waals surface area contributed by atoms with E-state index in [1.807, 2.05) is 47.4 Å². The van der Waals surface area contributed by atoms with Crippen molar-refractivity contribution >= 4 is 11.8 Å². The van der Waals surface area contributed by atoms with Crippen LogP contribution in [0.25, 0.3) is 0 Å². The zero-order chi connectivity index (χ0) is 19.2. The highest BCUT2D eigenvalue weighted by molar-refractivity contribution is 5.94. The monoisotopic (exact) mass is 364 g/mol. The fourth-order valence-electron chi connectivity index (χ4n) is 3.53. The largest absolute Gasteiger partial charge is 0.345 e. The molecule has 2 aromatic rings. The predicted molar refractivity (Wildman–Crippen MR) is 107 cm³/mol. The van der Waals surface area contributed by atoms with Gasteiger partial charge in [-0.3, -0.25) is 9.59 Å². The van der Waals surface area contributed by atoms with Gasteiger partial charge in [-0.2, -0.15) is 0 Å². The minimum Gasteiger partial charge on any atom is -0.345 e. The van der Waals surface area contributed by atoms with Crippen LogP contribution < -0.4 is 5.32 Å². The van der Waals surface area contributed by atoms with Gasteiger partial charge in [0, 0.05) is 25.1 Å². The highest BCUT2D eigenvalue weighted by atomic mass is 16.2. The van der Waals surface area contributed by atoms with Crippen LogP contribution in [0, 0.1) is 5.92 Å². The third-order valence-electron chi connectivity index (χ3n) is 4.98. The minimum absolute atomic E-state index is 0.000554. The molecule has 0 spiro atoms. The highest BCUT2D eigenvalue weighted by Gasteiger charge is 2.20. The summed E-state index contributed by atoms with van der Waals surface area (Å²) in [5.41, 5.74) is 2.84. The third kappa shape index (κ3) is 5.19. The molecule has 1 aliphatic rings. The highest BCUT2D eigenvalue weighted by Crippen LogP contribution is 2.22. The molecule has 1 fully saturated rings. The van der Waals surface area contributed by atoms with E-state index in [0.717, 1.165) is 30.5 Å². The normalized spacial score (nSPS) is 15.2. The number of hydrogen-bond donors (Lipinski definition) is 1. The zero-order valence-electron chi connectivity index (χ0n) is 16.2. The van der Waals surface area contributed by atoms with E-state index in [1.165, 1.54) is 0 Å². The Labute approximate surface area is 161 Å². The number of rotatable bonds is 7. The van der Waals surface area contributed by atoms with Gasteiger partial charge < -0.3 is 10.2 Å². The lowest BCUT2D eigenvalue weighted by Gasteiger charge is -2.21. The molecule has 4 heteroatoms. The number of hydrogen-bond acceptors (Lipinski definition) is 2. The lowest BCUT2D eigenvalue weighted by molar-refractivity contribution is -0.128. The van der Waals surface area contributed by atoms with Crippen LogP contribution >= 0.6 is 0 Å². The quantitative estimate of drug-likeness (QED) is 0.795. The molecule has 27 heavy (non-hydrogen) atoms. The summed E-state index contributed by atoms with van der Waals surface area (Å²) in [7, 11) is 0. The summed E-state index contributed by atoms with van der Waals surface area (Å²) in [5.74, 6) is 0.639. The average molecular weight is 364 g/mol. The van der Waals surface area contributed by atoms with Crippen LogP contribution in [0.5, 0.6) is 0 Å². The van der Waals surface area contributed by atoms with Crippen molar-refractivity contribution in [3.05, 3.63) is 71.3 Å². The van der Waals surface area contributed by atoms with Crippen molar-refractivity contribution in [2.45, 2.75) is 45.7 Å². The molecular formula is C23H28N2O2. The molecule has 1 atom stereocenters. The Morgan fingerprint density at radius 1 is 1.07 bits per heavy atom. The molecule has 0 aromatic heterocycles. The average Bonchev–Trinajstić information content (AvgIpc) is 3.07. The maximum absolute atomic E-state index is 12.7. The second-order valence-corrected chi connectivity index (χ2v) is 7.68. The second kappa shape index (κ2) is 8.85. The zero-order valence-corrected chi connectivity index (χ0v) is 16.2. The molecule has 1 aliphatic heterocycles. The van der Waals surface area contributed by atoms with Crippen molar-refractivity contribution in [2.75, 3.05) is 6.54 Å². The Bertz CT molecular complexity index is 769. The van der Waals surface area contributed by atoms with Crippen LogP contribution in [0.1, 0.15) is 60.6 Å². The lowest BCUT2D eigenvalue weighted by atomic mass is 9.96. The van der Waals surface area contributed by atoms with Crippen molar-refractivity contribution in [2.24, 2.45) is 5.92 Å². The first-order valence-corrected chi connectivity index (χ1v) is 9.75. The topological polar surface area (TPSA) is 49.4 Å². The van der Waals surface area contributed by atoms with Crippen molar-refractivity contribution in [1.82, 2.24) is 10.2 Å². The molecule has 1 heterocycles. The molecular weight excluding hydrogens is 336 g/mol. The maximum atomic E-state index is 12.7. The van der Waals surface area contributed by atoms with Gasteiger partial charge in [0.05, 0.1) is 6.04 Å². The Morgan fingerprint density at radius 3 is 2.37 bits per heavy atom. The fraction of sp³-hybridized carbons (Fsp3) is 0.391. The molecule has 0 unspecified atom stereocenters. The van der Waals surface area contributed by atoms with Gasteiger partial charge in [0.1, 0.15) is 0 Å². The smallest absolute Gasteiger partial charge is 0.251 e. The number of benzene rings is 2. The first kappa shape index (κ1) is 19.2. The van der Waals surface area contributed by atoms with Crippen LogP contribution in [0.3, 0.4) is 0 Å². The number of carbonyl (C=O) groups is 2. The SMILES string of the molecule is CC(C)C[C@@H](NC(=O)c1ccc(CN2CCCC2=O)cc1)c1ccccc1. The van der Waals surface area contributed by atoms with Gasteiger partial charge in [-0.05, 0) is 42.0 Å². The summed E-state index contributed by atoms with van der Waals surface area (Å²) in [4.78, 5) is 26.4. The van der Waals surface area contributed by atoms with E-state index in [4.69, 9.17) is 0 Å². The van der Waals surface area contributed by atoms with Gasteiger partial charge in [0.25, 0.3) is 5.91 Å². The second-order valence-electron chi connectivity index (χ2n) is 7.68. The van der Waals surface area contributed by atoms with Gasteiger partial charge in [-0.1, -0.05) is 56.3 Å². The predicted octanol–water partition coefficient (Wildman–Crippen LogP) is 4.33. The summed E-state index contributed by atoms with van der Waals surface area (Å²) >= 11 is 0. The van der Waals surface area contributed by atoms with Gasteiger partial charge in [-0.15, -0.1) is 0 Å². The molecule has 0 radical (unpaired) electrons. The van der Waals surface area contributed by atoms with Gasteiger partial charge in [-0.25, -0.2) is 0 Å². The Kier molecular flexibility index (Phi) is 6.28. The number of nitrogens with zero attached hydrogens (tertiary/aromatic N) is 1. The van der Waals surface area contributed by atoms with E-state index in [9.17, 15) is 9.59 Å². The van der Waals surface area contributed by atoms with E-state index in [0.29, 0.717) is 24.4 Å². The summed E-state index contributed by atoms with van der Waals surface area (Å²) < 4.78 is 0. The maximum Gasteiger partial charge on any atom is 0.251 e. The number of nitrogens with one attached hydrogen (secondary N) is 1. The first-order valence-electron chi connectivity index (χ1n) is 9.75. The van der Waals surface area contributed by atoms with Crippen molar-refractivity contribution in [3.63, 3.8) is 0 Å². The Balaban J connectivity index is 1.66. The summed E-state index contributed by atoms with van der Waals surface area (Å²) in [6.07, 6.45) is 2.48. The number of amides is 2. The van der Waals surface area contributed by atoms with Crippen LogP contribution in [0.2, 0.25) is 0 Å². The van der Waals surface area contributed by atoms with E-state index < -0.39 is 0 Å². The van der Waals surface area contributed by atoms with Crippen molar-refractivity contribution in [3.8, 4) is 0 Å². The van der Waals surface area contributed by atoms with Crippen LogP contribution in [0.4, 0.5) is 0 Å². The molecule has 1 saturated heterocycles. The summed E-state index contributed by atoms with van der Waals surface area (Å²) in [5, 5.41) is 3.18. The molecule has 3 rings (SSSR count). The van der Waals surface area contributed by atoms with Gasteiger partial charge in [0.2, 0.25) is 5.91 Å². The van der Waals surface area contributed by atoms with E-state index in [1.54, 1.807) is 0 Å². The van der Waals surface area contributed by atoms with E-state index in [-0.39, 0.29) is 17.9 Å². The van der Waals surface area contributed by atoms with Gasteiger partial charge in [0.15, 0.2) is 0 Å². The summed E-state index contributed by atoms with van der Waals surface area (Å²) in [6, 6.07) is 17.7. The molecule has 0 saturated carbocycles. The number of likely N-dealkylation sites (tertiary alicyclic amines) is 1. The van der Waals surface area contributed by atoms with Crippen LogP contribution in [-0.2, 0) is 11.3 Å². The molecule has 142 valence electrons. The number of carbonyl (C=O) groups excluding carboxylic acids is 2. The molecule has 4 nitrogen and oxygen atoms in total. The van der Waals surface area contributed by atoms with E-state index >= 15 is 0 Å². The van der Waals surface area contributed by atoms with Crippen LogP contribution in [-0.4, -0.2) is 23.3 Å². The fourth-order valence-corrected chi connectivity index (χ4v) is 3.53. The molecule has 1 N–H and O–H groups in total. The first-order chi connectivity index (χ1) is 13.0. The van der Waals surface area contributed by atoms with Crippen LogP contribution in [0.15, 0.2) is 54.6 Å². The van der Waals surface area contributed by atoms with Crippen molar-refractivity contribution < 1.29 is 9.59 Å². The Morgan fingerprint density at radius 2 is 1.78 bits per heavy atom. The molecule has 2 aromatic carbocycles. The molecule has 2 amide bonds. The molecule has 0 bridgehead atoms. The molecule has 0 aliphatic carbocycles. The summed E-state index contributed by atoms with van der Waals surface area (Å²) in [6.45, 7) is 5.78. The standard InChI is InChI=1S/C23H28N2O2/c1-17(2)15-21(19-7-4-3-5-8-19)24-23(27)20-12-10-18(11-13-20)16-25-14-6-9-22(25)26/h3-5,7-8,10-13,17,21H,6,9,14-16H2,1-2H3,(H,24,27)/t21-/m1/s1.